The first-order valence-electron chi connectivity index (χ1n) is 9.23. The van der Waals surface area contributed by atoms with Gasteiger partial charge in [-0.1, -0.05) is 13.0 Å². The minimum Gasteiger partial charge on any atom is -0.436 e. The Hall–Kier alpha value is -3.58. The number of aromatic nitrogens is 3. The summed E-state index contributed by atoms with van der Waals surface area (Å²) in [5.41, 5.74) is 6.44. The molecule has 1 N–H and O–H groups in total. The van der Waals surface area contributed by atoms with E-state index in [2.05, 4.69) is 32.0 Å². The van der Waals surface area contributed by atoms with Crippen LogP contribution in [-0.4, -0.2) is 19.6 Å². The van der Waals surface area contributed by atoms with Crippen LogP contribution in [0.25, 0.3) is 33.6 Å². The largest absolute Gasteiger partial charge is 0.436 e. The van der Waals surface area contributed by atoms with E-state index in [9.17, 15) is 4.79 Å². The minimum atomic E-state index is -0.193. The van der Waals surface area contributed by atoms with Gasteiger partial charge < -0.3 is 9.73 Å². The molecule has 0 spiro atoms. The first kappa shape index (κ1) is 17.5. The average molecular weight is 400 g/mol. The van der Waals surface area contributed by atoms with Gasteiger partial charge in [-0.25, -0.2) is 4.98 Å². The zero-order chi connectivity index (χ0) is 19.8. The zero-order valence-corrected chi connectivity index (χ0v) is 16.4. The maximum absolute atomic E-state index is 12.5. The molecule has 1 amide bonds. The number of carbonyl (C=O) groups excluding carboxylic acids is 1. The third-order valence-corrected chi connectivity index (χ3v) is 5.32. The van der Waals surface area contributed by atoms with Crippen molar-refractivity contribution < 1.29 is 9.21 Å². The zero-order valence-electron chi connectivity index (χ0n) is 15.5. The van der Waals surface area contributed by atoms with Gasteiger partial charge in [-0.3, -0.25) is 4.79 Å². The first-order valence-corrected chi connectivity index (χ1v) is 9.96. The number of benzene rings is 3. The molecule has 7 heteroatoms. The highest BCUT2D eigenvalue weighted by atomic mass is 32.1. The normalized spacial score (nSPS) is 11.2. The standard InChI is InChI=1S/C22H16N4O2S/c1-2-13-3-10-20-19(11-13)24-22(28-20)14-4-7-16(8-5-14)23-21(27)15-6-9-17-18(12-15)26-29-25-17/h3-12H,2H2,1H3,(H,23,27). The van der Waals surface area contributed by atoms with E-state index in [1.165, 1.54) is 5.56 Å². The van der Waals surface area contributed by atoms with Gasteiger partial charge in [-0.05, 0) is 66.6 Å². The molecule has 0 radical (unpaired) electrons. The number of hydrogen-bond donors (Lipinski definition) is 1. The lowest BCUT2D eigenvalue weighted by Gasteiger charge is -2.05. The Morgan fingerprint density at radius 3 is 2.62 bits per heavy atom. The topological polar surface area (TPSA) is 80.9 Å². The Bertz CT molecular complexity index is 1340. The molecule has 142 valence electrons. The fourth-order valence-corrected chi connectivity index (χ4v) is 3.66. The summed E-state index contributed by atoms with van der Waals surface area (Å²) >= 11 is 1.13. The van der Waals surface area contributed by atoms with E-state index in [1.54, 1.807) is 18.2 Å². The van der Waals surface area contributed by atoms with Gasteiger partial charge in [0.05, 0.1) is 11.7 Å². The van der Waals surface area contributed by atoms with E-state index < -0.39 is 0 Å². The van der Waals surface area contributed by atoms with E-state index in [1.807, 2.05) is 36.4 Å². The number of fused-ring (bicyclic) bond motifs is 2. The van der Waals surface area contributed by atoms with Crippen LogP contribution in [-0.2, 0) is 6.42 Å². The van der Waals surface area contributed by atoms with Crippen LogP contribution in [0.4, 0.5) is 5.69 Å². The number of rotatable bonds is 4. The van der Waals surface area contributed by atoms with Crippen molar-refractivity contribution >= 4 is 45.5 Å². The summed E-state index contributed by atoms with van der Waals surface area (Å²) in [5, 5.41) is 2.90. The molecule has 0 unspecified atom stereocenters. The predicted molar refractivity (Wildman–Crippen MR) is 114 cm³/mol. The molecule has 0 atom stereocenters. The Morgan fingerprint density at radius 1 is 0.966 bits per heavy atom. The van der Waals surface area contributed by atoms with Crippen molar-refractivity contribution in [3.8, 4) is 11.5 Å². The van der Waals surface area contributed by atoms with Gasteiger partial charge in [0.2, 0.25) is 5.89 Å². The van der Waals surface area contributed by atoms with Crippen LogP contribution in [0.1, 0.15) is 22.8 Å². The summed E-state index contributed by atoms with van der Waals surface area (Å²) in [6, 6.07) is 18.8. The van der Waals surface area contributed by atoms with Crippen LogP contribution in [0.2, 0.25) is 0 Å². The van der Waals surface area contributed by atoms with Gasteiger partial charge in [0, 0.05) is 16.8 Å². The number of carbonyl (C=O) groups is 1. The summed E-state index contributed by atoms with van der Waals surface area (Å²) in [5.74, 6) is 0.370. The van der Waals surface area contributed by atoms with Gasteiger partial charge in [-0.2, -0.15) is 8.75 Å². The lowest BCUT2D eigenvalue weighted by atomic mass is 10.1. The van der Waals surface area contributed by atoms with Crippen molar-refractivity contribution in [2.45, 2.75) is 13.3 Å². The molecule has 0 saturated carbocycles. The number of oxazole rings is 1. The molecule has 2 heterocycles. The monoisotopic (exact) mass is 400 g/mol. The summed E-state index contributed by atoms with van der Waals surface area (Å²) in [6.45, 7) is 2.11. The molecule has 5 rings (SSSR count). The van der Waals surface area contributed by atoms with Crippen molar-refractivity contribution in [1.82, 2.24) is 13.7 Å². The lowest BCUT2D eigenvalue weighted by Crippen LogP contribution is -2.11. The Labute approximate surface area is 170 Å². The molecule has 0 aliphatic heterocycles. The highest BCUT2D eigenvalue weighted by molar-refractivity contribution is 7.00. The number of amides is 1. The summed E-state index contributed by atoms with van der Waals surface area (Å²) in [4.78, 5) is 17.1. The van der Waals surface area contributed by atoms with Crippen molar-refractivity contribution in [3.05, 3.63) is 71.8 Å². The van der Waals surface area contributed by atoms with Gasteiger partial charge in [0.25, 0.3) is 5.91 Å². The van der Waals surface area contributed by atoms with E-state index in [-0.39, 0.29) is 5.91 Å². The smallest absolute Gasteiger partial charge is 0.255 e. The maximum Gasteiger partial charge on any atom is 0.255 e. The minimum absolute atomic E-state index is 0.193. The molecule has 5 aromatic rings. The average Bonchev–Trinajstić information content (AvgIpc) is 3.39. The quantitative estimate of drug-likeness (QED) is 0.442. The Kier molecular flexibility index (Phi) is 4.29. The second-order valence-corrected chi connectivity index (χ2v) is 7.20. The second kappa shape index (κ2) is 7.10. The highest BCUT2D eigenvalue weighted by Crippen LogP contribution is 2.26. The van der Waals surface area contributed by atoms with Crippen molar-refractivity contribution in [1.29, 1.82) is 0 Å². The van der Waals surface area contributed by atoms with Crippen LogP contribution in [0.3, 0.4) is 0 Å². The number of aryl methyl sites for hydroxylation is 1. The molecule has 0 saturated heterocycles. The van der Waals surface area contributed by atoms with Crippen molar-refractivity contribution in [2.75, 3.05) is 5.32 Å². The lowest BCUT2D eigenvalue weighted by molar-refractivity contribution is 0.102. The van der Waals surface area contributed by atoms with Crippen molar-refractivity contribution in [2.24, 2.45) is 0 Å². The number of nitrogens with zero attached hydrogens (tertiary/aromatic N) is 3. The van der Waals surface area contributed by atoms with Crippen molar-refractivity contribution in [3.63, 3.8) is 0 Å². The SMILES string of the molecule is CCc1ccc2oc(-c3ccc(NC(=O)c4ccc5nsnc5c4)cc3)nc2c1. The third-order valence-electron chi connectivity index (χ3n) is 4.77. The molecule has 3 aromatic carbocycles. The van der Waals surface area contributed by atoms with Crippen LogP contribution >= 0.6 is 11.7 Å². The van der Waals surface area contributed by atoms with Gasteiger partial charge in [-0.15, -0.1) is 0 Å². The van der Waals surface area contributed by atoms with E-state index in [0.29, 0.717) is 17.1 Å². The van der Waals surface area contributed by atoms with Gasteiger partial charge in [0.1, 0.15) is 16.6 Å². The van der Waals surface area contributed by atoms with Crippen LogP contribution < -0.4 is 5.32 Å². The van der Waals surface area contributed by atoms with E-state index >= 15 is 0 Å². The summed E-state index contributed by atoms with van der Waals surface area (Å²) in [7, 11) is 0. The van der Waals surface area contributed by atoms with E-state index in [0.717, 1.165) is 45.8 Å². The fraction of sp³-hybridized carbons (Fsp3) is 0.0909. The van der Waals surface area contributed by atoms with Gasteiger partial charge >= 0.3 is 0 Å². The van der Waals surface area contributed by atoms with Crippen LogP contribution in [0.15, 0.2) is 65.1 Å². The Morgan fingerprint density at radius 2 is 1.79 bits per heavy atom. The van der Waals surface area contributed by atoms with Crippen LogP contribution in [0.5, 0.6) is 0 Å². The number of anilines is 1. The fourth-order valence-electron chi connectivity index (χ4n) is 3.14. The third kappa shape index (κ3) is 3.36. The molecular weight excluding hydrogens is 384 g/mol. The predicted octanol–water partition coefficient (Wildman–Crippen LogP) is 5.31. The first-order chi connectivity index (χ1) is 14.2. The molecule has 0 aliphatic rings. The summed E-state index contributed by atoms with van der Waals surface area (Å²) in [6.07, 6.45) is 0.957. The van der Waals surface area contributed by atoms with E-state index in [4.69, 9.17) is 4.42 Å². The number of nitrogens with one attached hydrogen (secondary N) is 1. The van der Waals surface area contributed by atoms with Crippen LogP contribution in [0, 0.1) is 0 Å². The second-order valence-electron chi connectivity index (χ2n) is 6.67. The molecule has 2 aromatic heterocycles. The maximum atomic E-state index is 12.5. The van der Waals surface area contributed by atoms with Gasteiger partial charge in [0.15, 0.2) is 5.58 Å². The molecule has 0 bridgehead atoms. The molecule has 29 heavy (non-hydrogen) atoms. The molecular formula is C22H16N4O2S. The highest BCUT2D eigenvalue weighted by Gasteiger charge is 2.11. The summed E-state index contributed by atoms with van der Waals surface area (Å²) < 4.78 is 14.2. The molecule has 0 aliphatic carbocycles. The Balaban J connectivity index is 1.36. The number of hydrogen-bond acceptors (Lipinski definition) is 6. The molecule has 0 fully saturated rings. The molecule has 6 nitrogen and oxygen atoms in total.